The monoisotopic (exact) mass is 463 g/mol. The number of thioether (sulfide) groups is 1. The van der Waals surface area contributed by atoms with E-state index >= 15 is 0 Å². The van der Waals surface area contributed by atoms with Crippen LogP contribution in [0.4, 0.5) is 5.13 Å². The van der Waals surface area contributed by atoms with Crippen LogP contribution < -0.4 is 4.90 Å². The van der Waals surface area contributed by atoms with Crippen LogP contribution in [0.1, 0.15) is 35.3 Å². The predicted molar refractivity (Wildman–Crippen MR) is 134 cm³/mol. The number of anilines is 1. The summed E-state index contributed by atoms with van der Waals surface area (Å²) < 4.78 is 1.17. The highest BCUT2D eigenvalue weighted by Gasteiger charge is 2.22. The average molecular weight is 464 g/mol. The quantitative estimate of drug-likeness (QED) is 0.381. The molecule has 0 saturated heterocycles. The molecule has 0 bridgehead atoms. The molecule has 0 aliphatic heterocycles. The third-order valence-electron chi connectivity index (χ3n) is 5.28. The van der Waals surface area contributed by atoms with Crippen molar-refractivity contribution >= 4 is 56.8 Å². The molecule has 0 atom stereocenters. The van der Waals surface area contributed by atoms with Crippen LogP contribution in [0, 0.1) is 13.8 Å². The van der Waals surface area contributed by atoms with Crippen molar-refractivity contribution in [2.45, 2.75) is 32.6 Å². The molecule has 4 nitrogen and oxygen atoms in total. The van der Waals surface area contributed by atoms with Gasteiger partial charge >= 0.3 is 0 Å². The number of hydrogen-bond donors (Lipinski definition) is 0. The zero-order valence-corrected chi connectivity index (χ0v) is 20.7. The molecule has 2 aromatic carbocycles. The third-order valence-corrected chi connectivity index (χ3v) is 7.24. The van der Waals surface area contributed by atoms with E-state index in [1.165, 1.54) is 10.3 Å². The summed E-state index contributed by atoms with van der Waals surface area (Å²) >= 11 is 3.29. The number of rotatable bonds is 8. The number of carbonyl (C=O) groups excluding carboxylic acids is 1. The molecular formula is C23H30ClN3OS2. The fourth-order valence-corrected chi connectivity index (χ4v) is 4.86. The highest BCUT2D eigenvalue weighted by Crippen LogP contribution is 2.33. The van der Waals surface area contributed by atoms with Gasteiger partial charge in [0.2, 0.25) is 0 Å². The van der Waals surface area contributed by atoms with E-state index in [1.807, 2.05) is 35.4 Å². The Bertz CT molecular complexity index is 945. The van der Waals surface area contributed by atoms with E-state index in [-0.39, 0.29) is 18.3 Å². The van der Waals surface area contributed by atoms with Crippen LogP contribution in [0.25, 0.3) is 10.2 Å². The maximum atomic E-state index is 13.4. The zero-order chi connectivity index (χ0) is 21.0. The van der Waals surface area contributed by atoms with Crippen molar-refractivity contribution < 1.29 is 4.79 Å². The Morgan fingerprint density at radius 1 is 1.00 bits per heavy atom. The lowest BCUT2D eigenvalue weighted by Crippen LogP contribution is -2.38. The van der Waals surface area contributed by atoms with Gasteiger partial charge in [-0.2, -0.15) is 0 Å². The van der Waals surface area contributed by atoms with Gasteiger partial charge in [-0.05, 0) is 68.6 Å². The minimum Gasteiger partial charge on any atom is -0.302 e. The number of amides is 1. The number of aromatic nitrogens is 1. The molecule has 0 fully saturated rings. The molecule has 0 unspecified atom stereocenters. The SMILES string of the molecule is CCN(CC)CCN(C(=O)c1ccc(SC)cc1)c1nc2c(C)ccc(C)c2s1.Cl. The molecule has 30 heavy (non-hydrogen) atoms. The molecule has 0 aliphatic rings. The number of nitrogens with zero attached hydrogens (tertiary/aromatic N) is 3. The number of hydrogen-bond acceptors (Lipinski definition) is 5. The Balaban J connectivity index is 0.00000320. The van der Waals surface area contributed by atoms with Crippen LogP contribution in [-0.4, -0.2) is 48.2 Å². The molecule has 0 N–H and O–H groups in total. The van der Waals surface area contributed by atoms with Gasteiger partial charge in [0.25, 0.3) is 5.91 Å². The maximum absolute atomic E-state index is 13.4. The first-order valence-corrected chi connectivity index (χ1v) is 12.1. The lowest BCUT2D eigenvalue weighted by atomic mass is 10.1. The molecular weight excluding hydrogens is 434 g/mol. The van der Waals surface area contributed by atoms with Crippen molar-refractivity contribution in [3.63, 3.8) is 0 Å². The molecule has 7 heteroatoms. The number of carbonyl (C=O) groups is 1. The number of thiazole rings is 1. The number of halogens is 1. The van der Waals surface area contributed by atoms with Crippen LogP contribution in [-0.2, 0) is 0 Å². The van der Waals surface area contributed by atoms with Crippen molar-refractivity contribution in [3.05, 3.63) is 53.1 Å². The summed E-state index contributed by atoms with van der Waals surface area (Å²) in [4.78, 5) is 23.7. The van der Waals surface area contributed by atoms with Crippen LogP contribution in [0.2, 0.25) is 0 Å². The molecule has 0 radical (unpaired) electrons. The second-order valence-corrected chi connectivity index (χ2v) is 8.94. The number of aryl methyl sites for hydroxylation is 2. The van der Waals surface area contributed by atoms with Crippen molar-refractivity contribution in [1.82, 2.24) is 9.88 Å². The highest BCUT2D eigenvalue weighted by atomic mass is 35.5. The van der Waals surface area contributed by atoms with E-state index in [0.29, 0.717) is 12.1 Å². The molecule has 3 aromatic rings. The fourth-order valence-electron chi connectivity index (χ4n) is 3.32. The average Bonchev–Trinajstić information content (AvgIpc) is 3.20. The standard InChI is InChI=1S/C23H29N3OS2.ClH/c1-6-25(7-2)14-15-26(22(27)18-10-12-19(28-5)13-11-18)23-24-20-16(3)8-9-17(4)21(20)29-23;/h8-13H,6-7,14-15H2,1-5H3;1H. The molecule has 0 spiro atoms. The summed E-state index contributed by atoms with van der Waals surface area (Å²) in [5.41, 5.74) is 4.06. The van der Waals surface area contributed by atoms with Gasteiger partial charge in [-0.3, -0.25) is 9.69 Å². The lowest BCUT2D eigenvalue weighted by Gasteiger charge is -2.24. The van der Waals surface area contributed by atoms with Gasteiger partial charge in [0.1, 0.15) is 0 Å². The van der Waals surface area contributed by atoms with Crippen LogP contribution >= 0.6 is 35.5 Å². The Morgan fingerprint density at radius 3 is 2.20 bits per heavy atom. The molecule has 1 heterocycles. The maximum Gasteiger partial charge on any atom is 0.260 e. The van der Waals surface area contributed by atoms with E-state index < -0.39 is 0 Å². The number of fused-ring (bicyclic) bond motifs is 1. The van der Waals surface area contributed by atoms with Crippen LogP contribution in [0.3, 0.4) is 0 Å². The second kappa shape index (κ2) is 11.1. The van der Waals surface area contributed by atoms with Crippen molar-refractivity contribution in [3.8, 4) is 0 Å². The van der Waals surface area contributed by atoms with Gasteiger partial charge in [-0.15, -0.1) is 24.2 Å². The van der Waals surface area contributed by atoms with Gasteiger partial charge < -0.3 is 4.90 Å². The van der Waals surface area contributed by atoms with E-state index in [2.05, 4.69) is 44.7 Å². The summed E-state index contributed by atoms with van der Waals surface area (Å²) in [6.45, 7) is 11.9. The second-order valence-electron chi connectivity index (χ2n) is 7.09. The Kier molecular flexibility index (Phi) is 9.16. The minimum atomic E-state index is 0. The van der Waals surface area contributed by atoms with Gasteiger partial charge in [-0.25, -0.2) is 4.98 Å². The molecule has 1 amide bonds. The van der Waals surface area contributed by atoms with Crippen LogP contribution in [0.15, 0.2) is 41.3 Å². The first kappa shape index (κ1) is 24.7. The third kappa shape index (κ3) is 5.35. The molecule has 0 saturated carbocycles. The topological polar surface area (TPSA) is 36.4 Å². The van der Waals surface area contributed by atoms with Crippen LogP contribution in [0.5, 0.6) is 0 Å². The van der Waals surface area contributed by atoms with Gasteiger partial charge in [-0.1, -0.05) is 37.3 Å². The number of benzene rings is 2. The first-order chi connectivity index (χ1) is 14.0. The largest absolute Gasteiger partial charge is 0.302 e. The Hall–Kier alpha value is -1.60. The van der Waals surface area contributed by atoms with Crippen molar-refractivity contribution in [2.75, 3.05) is 37.3 Å². The van der Waals surface area contributed by atoms with Crippen molar-refractivity contribution in [2.24, 2.45) is 0 Å². The van der Waals surface area contributed by atoms with E-state index in [1.54, 1.807) is 23.1 Å². The summed E-state index contributed by atoms with van der Waals surface area (Å²) in [7, 11) is 0. The summed E-state index contributed by atoms with van der Waals surface area (Å²) in [6.07, 6.45) is 2.04. The summed E-state index contributed by atoms with van der Waals surface area (Å²) in [6, 6.07) is 12.1. The summed E-state index contributed by atoms with van der Waals surface area (Å²) in [5.74, 6) is 0.0131. The Labute approximate surface area is 194 Å². The lowest BCUT2D eigenvalue weighted by molar-refractivity contribution is 0.0983. The van der Waals surface area contributed by atoms with Crippen molar-refractivity contribution in [1.29, 1.82) is 0 Å². The van der Waals surface area contributed by atoms with Gasteiger partial charge in [0.05, 0.1) is 10.2 Å². The zero-order valence-electron chi connectivity index (χ0n) is 18.3. The molecule has 162 valence electrons. The Morgan fingerprint density at radius 2 is 1.63 bits per heavy atom. The predicted octanol–water partition coefficient (Wildman–Crippen LogP) is 6.05. The summed E-state index contributed by atoms with van der Waals surface area (Å²) in [5, 5.41) is 0.781. The minimum absolute atomic E-state index is 0. The van der Waals surface area contributed by atoms with Gasteiger partial charge in [0.15, 0.2) is 5.13 Å². The normalized spacial score (nSPS) is 11.0. The smallest absolute Gasteiger partial charge is 0.260 e. The van der Waals surface area contributed by atoms with Gasteiger partial charge in [0, 0.05) is 23.5 Å². The van der Waals surface area contributed by atoms with E-state index in [9.17, 15) is 4.79 Å². The number of likely N-dealkylation sites (N-methyl/N-ethyl adjacent to an activating group) is 1. The highest BCUT2D eigenvalue weighted by molar-refractivity contribution is 7.98. The fraction of sp³-hybridized carbons (Fsp3) is 0.391. The van der Waals surface area contributed by atoms with E-state index in [4.69, 9.17) is 4.98 Å². The first-order valence-electron chi connectivity index (χ1n) is 10.0. The van der Waals surface area contributed by atoms with E-state index in [0.717, 1.165) is 40.7 Å². The molecule has 3 rings (SSSR count). The molecule has 0 aliphatic carbocycles. The molecule has 1 aromatic heterocycles.